The molecule has 7 N–H and O–H groups in total. The van der Waals surface area contributed by atoms with Crippen LogP contribution in [0.25, 0.3) is 11.2 Å². The molecule has 0 saturated carbocycles. The van der Waals surface area contributed by atoms with Gasteiger partial charge in [0.15, 0.2) is 34.0 Å². The number of hydrogen-bond acceptors (Lipinski definition) is 16. The van der Waals surface area contributed by atoms with Crippen LogP contribution in [0, 0.1) is 0 Å². The fourth-order valence-electron chi connectivity index (χ4n) is 6.90. The van der Waals surface area contributed by atoms with Crippen LogP contribution in [0.1, 0.15) is 33.3 Å². The number of carbonyl (C=O) groups excluding carboxylic acids is 2. The Bertz CT molecular complexity index is 2360. The van der Waals surface area contributed by atoms with Gasteiger partial charge >= 0.3 is 13.8 Å². The average molecular weight is 749 g/mol. The summed E-state index contributed by atoms with van der Waals surface area (Å²) in [5, 5.41) is 34.4. The highest BCUT2D eigenvalue weighted by molar-refractivity contribution is 7.99. The van der Waals surface area contributed by atoms with Crippen LogP contribution in [-0.2, 0) is 33.5 Å². The van der Waals surface area contributed by atoms with Gasteiger partial charge in [0.1, 0.15) is 47.6 Å². The highest BCUT2D eigenvalue weighted by Gasteiger charge is 2.55. The number of phenols is 2. The van der Waals surface area contributed by atoms with Crippen LogP contribution in [-0.4, -0.2) is 82.3 Å². The molecule has 6 heterocycles. The zero-order valence-electron chi connectivity index (χ0n) is 26.3. The number of benzene rings is 3. The summed E-state index contributed by atoms with van der Waals surface area (Å²) < 4.78 is 41.4. The number of nitrogens with two attached hydrogens (primary N) is 1. The number of aromatic nitrogens is 4. The summed E-state index contributed by atoms with van der Waals surface area (Å²) in [4.78, 5) is 49.3. The number of phenolic OH excluding ortho intramolecular Hbond substituents is 2. The second kappa shape index (κ2) is 11.6. The van der Waals surface area contributed by atoms with Crippen LogP contribution in [0.5, 0.6) is 23.0 Å². The van der Waals surface area contributed by atoms with Crippen molar-refractivity contribution in [1.82, 2.24) is 19.5 Å². The quantitative estimate of drug-likeness (QED) is 0.0857. The predicted octanol–water partition coefficient (Wildman–Crippen LogP) is 2.89. The van der Waals surface area contributed by atoms with Crippen LogP contribution < -0.4 is 15.8 Å². The maximum atomic E-state index is 13.5. The molecule has 3 aromatic carbocycles. The molecule has 2 aromatic heterocycles. The SMILES string of the molecule is Nc1ncnc2c1nc(SCC(=O)Nc1ccc3c(c1)C(=O)OC31c3ccc(O)cc3Oc3cc(O)ccc31)n2[C@@H]1O[C@@H]2COP(=O)(O)O[C@H]2[C@H]1O. The Balaban J connectivity index is 0.993. The smallest absolute Gasteiger partial charge is 0.472 e. The van der Waals surface area contributed by atoms with Crippen molar-refractivity contribution in [2.45, 2.75) is 35.3 Å². The third-order valence-electron chi connectivity index (χ3n) is 9.08. The maximum Gasteiger partial charge on any atom is 0.472 e. The third kappa shape index (κ3) is 5.01. The van der Waals surface area contributed by atoms with Crippen LogP contribution in [0.15, 0.2) is 66.1 Å². The number of thioether (sulfide) groups is 1. The van der Waals surface area contributed by atoms with Crippen molar-refractivity contribution in [1.29, 1.82) is 0 Å². The Hall–Kier alpha value is -5.27. The van der Waals surface area contributed by atoms with E-state index in [4.69, 9.17) is 29.0 Å². The number of ether oxygens (including phenoxy) is 3. The van der Waals surface area contributed by atoms with Crippen LogP contribution in [0.2, 0.25) is 0 Å². The van der Waals surface area contributed by atoms with Crippen molar-refractivity contribution in [2.24, 2.45) is 0 Å². The Morgan fingerprint density at radius 3 is 2.50 bits per heavy atom. The first-order valence-corrected chi connectivity index (χ1v) is 18.0. The summed E-state index contributed by atoms with van der Waals surface area (Å²) in [6.07, 6.45) is -3.54. The van der Waals surface area contributed by atoms with Crippen molar-refractivity contribution in [3.8, 4) is 23.0 Å². The molecule has 2 saturated heterocycles. The summed E-state index contributed by atoms with van der Waals surface area (Å²) in [6.45, 7) is -0.309. The van der Waals surface area contributed by atoms with Gasteiger partial charge in [0, 0.05) is 34.5 Å². The largest absolute Gasteiger partial charge is 0.508 e. The lowest BCUT2D eigenvalue weighted by Gasteiger charge is -2.36. The summed E-state index contributed by atoms with van der Waals surface area (Å²) in [5.74, 6) is -1.02. The molecule has 266 valence electrons. The average Bonchev–Trinajstić information content (AvgIpc) is 3.72. The number of nitrogens with zero attached hydrogens (tertiary/aromatic N) is 4. The maximum absolute atomic E-state index is 13.5. The molecule has 1 amide bonds. The Morgan fingerprint density at radius 2 is 1.77 bits per heavy atom. The Kier molecular flexibility index (Phi) is 7.29. The second-order valence-electron chi connectivity index (χ2n) is 12.2. The number of aliphatic hydroxyl groups excluding tert-OH is 1. The van der Waals surface area contributed by atoms with Crippen LogP contribution in [0.3, 0.4) is 0 Å². The number of nitrogen functional groups attached to an aromatic ring is 1. The number of rotatable bonds is 5. The third-order valence-corrected chi connectivity index (χ3v) is 11.0. The van der Waals surface area contributed by atoms with E-state index in [0.29, 0.717) is 16.7 Å². The molecule has 5 atom stereocenters. The number of aliphatic hydroxyl groups is 1. The van der Waals surface area contributed by atoms with E-state index >= 15 is 0 Å². The molecule has 4 aliphatic rings. The number of phosphoric acid groups is 1. The zero-order valence-corrected chi connectivity index (χ0v) is 28.0. The van der Waals surface area contributed by atoms with Gasteiger partial charge in [-0.1, -0.05) is 17.8 Å². The fourth-order valence-corrected chi connectivity index (χ4v) is 8.68. The summed E-state index contributed by atoms with van der Waals surface area (Å²) >= 11 is 0.964. The van der Waals surface area contributed by atoms with Gasteiger partial charge in [0.25, 0.3) is 0 Å². The van der Waals surface area contributed by atoms with Crippen molar-refractivity contribution in [3.63, 3.8) is 0 Å². The van der Waals surface area contributed by atoms with Crippen molar-refractivity contribution >= 4 is 54.1 Å². The van der Waals surface area contributed by atoms with Crippen molar-refractivity contribution in [3.05, 3.63) is 83.2 Å². The van der Waals surface area contributed by atoms with Gasteiger partial charge in [0.05, 0.1) is 17.9 Å². The molecule has 2 fully saturated rings. The molecule has 52 heavy (non-hydrogen) atoms. The predicted molar refractivity (Wildman–Crippen MR) is 178 cm³/mol. The molecule has 4 aliphatic heterocycles. The number of carbonyl (C=O) groups is 2. The summed E-state index contributed by atoms with van der Waals surface area (Å²) in [5.41, 5.74) is 6.78. The van der Waals surface area contributed by atoms with E-state index in [0.717, 1.165) is 11.8 Å². The molecule has 1 unspecified atom stereocenters. The number of esters is 1. The van der Waals surface area contributed by atoms with Gasteiger partial charge < -0.3 is 45.5 Å². The molecule has 0 radical (unpaired) electrons. The normalized spacial score (nSPS) is 25.2. The van der Waals surface area contributed by atoms with Gasteiger partial charge in [-0.25, -0.2) is 24.3 Å². The van der Waals surface area contributed by atoms with Gasteiger partial charge in [-0.3, -0.25) is 18.4 Å². The second-order valence-corrected chi connectivity index (χ2v) is 14.6. The number of nitrogens with one attached hydrogen (secondary N) is 1. The summed E-state index contributed by atoms with van der Waals surface area (Å²) in [7, 11) is -4.40. The molecule has 0 bridgehead atoms. The monoisotopic (exact) mass is 748 g/mol. The molecular weight excluding hydrogens is 723 g/mol. The lowest BCUT2D eigenvalue weighted by Crippen LogP contribution is -2.39. The number of hydrogen-bond donors (Lipinski definition) is 6. The minimum Gasteiger partial charge on any atom is -0.508 e. The Labute approximate surface area is 295 Å². The van der Waals surface area contributed by atoms with Gasteiger partial charge in [-0.2, -0.15) is 0 Å². The topological polar surface area (TPSA) is 260 Å². The molecule has 18 nitrogen and oxygen atoms in total. The molecule has 0 aliphatic carbocycles. The number of phosphoric ester groups is 1. The molecule has 5 aromatic rings. The molecule has 20 heteroatoms. The molecular formula is C32H25N6O12PS. The highest BCUT2D eigenvalue weighted by atomic mass is 32.2. The van der Waals surface area contributed by atoms with Crippen LogP contribution >= 0.6 is 19.6 Å². The molecule has 1 spiro atoms. The summed E-state index contributed by atoms with van der Waals surface area (Å²) in [6, 6.07) is 13.6. The lowest BCUT2D eigenvalue weighted by atomic mass is 9.77. The number of imidazole rings is 1. The fraction of sp³-hybridized carbons (Fsp3) is 0.219. The van der Waals surface area contributed by atoms with Gasteiger partial charge in [-0.05, 0) is 36.4 Å². The first-order chi connectivity index (χ1) is 24.9. The number of fused-ring (bicyclic) bond motifs is 8. The van der Waals surface area contributed by atoms with Crippen molar-refractivity contribution < 1.29 is 57.6 Å². The number of aromatic hydroxyl groups is 2. The first kappa shape index (κ1) is 32.6. The van der Waals surface area contributed by atoms with E-state index in [1.807, 2.05) is 0 Å². The molecule has 9 rings (SSSR count). The number of anilines is 2. The standard InChI is InChI=1S/C32H25N6O12PS/c33-27-24-28(35-12-34-27)38(29-25(42)26-22(48-29)10-46-51(44,45)50-26)31(37-24)52-11-23(41)36-13-1-4-17-16(7-13)30(43)49-32(17)18-5-2-14(39)8-20(18)47-21-9-15(40)3-6-19(21)32/h1-9,12,22,25-26,29,39-40,42H,10-11H2,(H,36,41)(H,44,45)(H2,33,34,35)/t22-,25-,26-,29-/m1/s1. The van der Waals surface area contributed by atoms with E-state index in [9.17, 15) is 34.4 Å². The minimum atomic E-state index is -4.40. The van der Waals surface area contributed by atoms with E-state index < -0.39 is 49.8 Å². The van der Waals surface area contributed by atoms with Crippen molar-refractivity contribution in [2.75, 3.05) is 23.4 Å². The Morgan fingerprint density at radius 1 is 1.06 bits per heavy atom. The van der Waals surface area contributed by atoms with Gasteiger partial charge in [0.2, 0.25) is 5.91 Å². The van der Waals surface area contributed by atoms with E-state index in [1.165, 1.54) is 41.2 Å². The minimum absolute atomic E-state index is 0.0329. The van der Waals surface area contributed by atoms with Crippen LogP contribution in [0.4, 0.5) is 11.5 Å². The number of amides is 1. The van der Waals surface area contributed by atoms with E-state index in [2.05, 4.69) is 20.3 Å². The van der Waals surface area contributed by atoms with Gasteiger partial charge in [-0.15, -0.1) is 0 Å². The lowest BCUT2D eigenvalue weighted by molar-refractivity contribution is -0.113. The highest BCUT2D eigenvalue weighted by Crippen LogP contribution is 2.57. The first-order valence-electron chi connectivity index (χ1n) is 15.5. The zero-order chi connectivity index (χ0) is 36.1. The van der Waals surface area contributed by atoms with E-state index in [-0.39, 0.29) is 68.7 Å². The van der Waals surface area contributed by atoms with E-state index in [1.54, 1.807) is 24.3 Å².